The summed E-state index contributed by atoms with van der Waals surface area (Å²) in [5.41, 5.74) is 3.72. The van der Waals surface area contributed by atoms with Crippen molar-refractivity contribution in [2.45, 2.75) is 33.5 Å². The standard InChI is InChI=1S/C22H30N6/c1-5-23-22(27(4)17-21-10-7-12-26(21)3)25-15-19-8-6-9-20(14-19)16-28-13-11-24-18(28)2/h6-14H,5,15-17H2,1-4H3,(H,23,25). The van der Waals surface area contributed by atoms with Crippen molar-refractivity contribution >= 4 is 5.96 Å². The Morgan fingerprint density at radius 3 is 2.68 bits per heavy atom. The van der Waals surface area contributed by atoms with Crippen molar-refractivity contribution in [2.75, 3.05) is 13.6 Å². The van der Waals surface area contributed by atoms with Crippen LogP contribution in [0.25, 0.3) is 0 Å². The summed E-state index contributed by atoms with van der Waals surface area (Å²) >= 11 is 0. The molecule has 0 saturated carbocycles. The number of benzene rings is 1. The molecule has 2 heterocycles. The van der Waals surface area contributed by atoms with E-state index < -0.39 is 0 Å². The van der Waals surface area contributed by atoms with Gasteiger partial charge in [-0.2, -0.15) is 0 Å². The first-order valence-corrected chi connectivity index (χ1v) is 9.72. The van der Waals surface area contributed by atoms with Gasteiger partial charge in [0.15, 0.2) is 5.96 Å². The van der Waals surface area contributed by atoms with Crippen molar-refractivity contribution in [3.05, 3.63) is 77.6 Å². The zero-order valence-electron chi connectivity index (χ0n) is 17.3. The lowest BCUT2D eigenvalue weighted by Crippen LogP contribution is -2.38. The molecule has 0 aliphatic heterocycles. The topological polar surface area (TPSA) is 50.4 Å². The van der Waals surface area contributed by atoms with E-state index in [1.165, 1.54) is 16.8 Å². The molecule has 0 fully saturated rings. The highest BCUT2D eigenvalue weighted by atomic mass is 15.3. The predicted octanol–water partition coefficient (Wildman–Crippen LogP) is 3.18. The zero-order chi connectivity index (χ0) is 19.9. The third-order valence-electron chi connectivity index (χ3n) is 4.83. The lowest BCUT2D eigenvalue weighted by Gasteiger charge is -2.22. The largest absolute Gasteiger partial charge is 0.357 e. The second kappa shape index (κ2) is 9.26. The Morgan fingerprint density at radius 1 is 1.18 bits per heavy atom. The van der Waals surface area contributed by atoms with E-state index in [0.29, 0.717) is 6.54 Å². The lowest BCUT2D eigenvalue weighted by atomic mass is 10.1. The Hall–Kier alpha value is -3.02. The molecule has 6 nitrogen and oxygen atoms in total. The molecule has 3 aromatic rings. The maximum absolute atomic E-state index is 4.85. The van der Waals surface area contributed by atoms with Gasteiger partial charge >= 0.3 is 0 Å². The van der Waals surface area contributed by atoms with Gasteiger partial charge in [0.05, 0.1) is 13.1 Å². The normalized spacial score (nSPS) is 11.6. The van der Waals surface area contributed by atoms with Crippen LogP contribution in [0.1, 0.15) is 29.6 Å². The van der Waals surface area contributed by atoms with Crippen molar-refractivity contribution in [2.24, 2.45) is 12.0 Å². The van der Waals surface area contributed by atoms with Crippen molar-refractivity contribution in [3.8, 4) is 0 Å². The number of hydrogen-bond acceptors (Lipinski definition) is 2. The first-order valence-electron chi connectivity index (χ1n) is 9.72. The highest BCUT2D eigenvalue weighted by Gasteiger charge is 2.08. The van der Waals surface area contributed by atoms with Gasteiger partial charge < -0.3 is 19.4 Å². The summed E-state index contributed by atoms with van der Waals surface area (Å²) in [6.45, 7) is 7.26. The molecule has 148 valence electrons. The van der Waals surface area contributed by atoms with Gasteiger partial charge in [-0.25, -0.2) is 9.98 Å². The van der Waals surface area contributed by atoms with Crippen molar-refractivity contribution in [3.63, 3.8) is 0 Å². The summed E-state index contributed by atoms with van der Waals surface area (Å²) in [6.07, 6.45) is 5.93. The van der Waals surface area contributed by atoms with E-state index in [4.69, 9.17) is 4.99 Å². The van der Waals surface area contributed by atoms with Crippen LogP contribution < -0.4 is 5.32 Å². The minimum absolute atomic E-state index is 0.649. The van der Waals surface area contributed by atoms with E-state index in [1.54, 1.807) is 0 Å². The first-order chi connectivity index (χ1) is 13.6. The molecule has 0 unspecified atom stereocenters. The second-order valence-electron chi connectivity index (χ2n) is 7.06. The van der Waals surface area contributed by atoms with Crippen LogP contribution in [0.4, 0.5) is 0 Å². The van der Waals surface area contributed by atoms with Gasteiger partial charge in [-0.15, -0.1) is 0 Å². The number of aliphatic imine (C=N–C) groups is 1. The molecule has 0 atom stereocenters. The van der Waals surface area contributed by atoms with Crippen LogP contribution in [0.2, 0.25) is 0 Å². The number of aromatic nitrogens is 3. The lowest BCUT2D eigenvalue weighted by molar-refractivity contribution is 0.462. The van der Waals surface area contributed by atoms with Crippen LogP contribution in [-0.2, 0) is 26.7 Å². The average Bonchev–Trinajstić information content (AvgIpc) is 3.27. The number of nitrogens with one attached hydrogen (secondary N) is 1. The predicted molar refractivity (Wildman–Crippen MR) is 114 cm³/mol. The Balaban J connectivity index is 1.69. The summed E-state index contributed by atoms with van der Waals surface area (Å²) in [5.74, 6) is 1.94. The molecule has 0 spiro atoms. The third kappa shape index (κ3) is 5.03. The first kappa shape index (κ1) is 19.7. The Labute approximate surface area is 167 Å². The molecule has 3 rings (SSSR count). The van der Waals surface area contributed by atoms with Gasteiger partial charge in [0.25, 0.3) is 0 Å². The van der Waals surface area contributed by atoms with E-state index in [1.807, 2.05) is 19.3 Å². The maximum atomic E-state index is 4.85. The third-order valence-corrected chi connectivity index (χ3v) is 4.83. The summed E-state index contributed by atoms with van der Waals surface area (Å²) in [7, 11) is 4.15. The molecule has 28 heavy (non-hydrogen) atoms. The molecule has 2 aromatic heterocycles. The van der Waals surface area contributed by atoms with Gasteiger partial charge in [-0.1, -0.05) is 24.3 Å². The summed E-state index contributed by atoms with van der Waals surface area (Å²) in [4.78, 5) is 11.3. The molecule has 0 amide bonds. The number of hydrogen-bond donors (Lipinski definition) is 1. The van der Waals surface area contributed by atoms with Gasteiger partial charge in [-0.3, -0.25) is 0 Å². The Morgan fingerprint density at radius 2 is 2.00 bits per heavy atom. The van der Waals surface area contributed by atoms with Crippen LogP contribution in [0.3, 0.4) is 0 Å². The van der Waals surface area contributed by atoms with E-state index in [9.17, 15) is 0 Å². The monoisotopic (exact) mass is 378 g/mol. The van der Waals surface area contributed by atoms with E-state index >= 15 is 0 Å². The highest BCUT2D eigenvalue weighted by Crippen LogP contribution is 2.10. The molecule has 0 bridgehead atoms. The second-order valence-corrected chi connectivity index (χ2v) is 7.06. The van der Waals surface area contributed by atoms with Crippen LogP contribution >= 0.6 is 0 Å². The van der Waals surface area contributed by atoms with Crippen molar-refractivity contribution in [1.29, 1.82) is 0 Å². The smallest absolute Gasteiger partial charge is 0.194 e. The number of imidazole rings is 1. The summed E-state index contributed by atoms with van der Waals surface area (Å²) in [5, 5.41) is 3.40. The number of rotatable bonds is 7. The van der Waals surface area contributed by atoms with Crippen molar-refractivity contribution < 1.29 is 0 Å². The molecular formula is C22H30N6. The quantitative estimate of drug-likeness (QED) is 0.507. The van der Waals surface area contributed by atoms with Crippen LogP contribution in [0.5, 0.6) is 0 Å². The van der Waals surface area contributed by atoms with Gasteiger partial charge in [0.2, 0.25) is 0 Å². The number of aryl methyl sites for hydroxylation is 2. The van der Waals surface area contributed by atoms with E-state index in [0.717, 1.165) is 31.4 Å². The van der Waals surface area contributed by atoms with E-state index in [2.05, 4.69) is 87.9 Å². The molecule has 0 radical (unpaired) electrons. The molecule has 0 saturated heterocycles. The maximum Gasteiger partial charge on any atom is 0.194 e. The van der Waals surface area contributed by atoms with Gasteiger partial charge in [0, 0.05) is 51.5 Å². The SMILES string of the molecule is CCNC(=NCc1cccc(Cn2ccnc2C)c1)N(C)Cc1cccn1C. The molecule has 0 aliphatic carbocycles. The molecule has 0 aliphatic rings. The molecule has 1 N–H and O–H groups in total. The van der Waals surface area contributed by atoms with Crippen LogP contribution in [0, 0.1) is 6.92 Å². The van der Waals surface area contributed by atoms with E-state index in [-0.39, 0.29) is 0 Å². The van der Waals surface area contributed by atoms with Gasteiger partial charge in [0.1, 0.15) is 5.82 Å². The fourth-order valence-electron chi connectivity index (χ4n) is 3.21. The fraction of sp³-hybridized carbons (Fsp3) is 0.364. The zero-order valence-corrected chi connectivity index (χ0v) is 17.3. The summed E-state index contributed by atoms with van der Waals surface area (Å²) < 4.78 is 4.29. The minimum atomic E-state index is 0.649. The Kier molecular flexibility index (Phi) is 6.53. The molecular weight excluding hydrogens is 348 g/mol. The minimum Gasteiger partial charge on any atom is -0.357 e. The average molecular weight is 379 g/mol. The summed E-state index contributed by atoms with van der Waals surface area (Å²) in [6, 6.07) is 12.8. The number of guanidine groups is 1. The Bertz CT molecular complexity index is 921. The van der Waals surface area contributed by atoms with Crippen LogP contribution in [-0.4, -0.2) is 38.6 Å². The fourth-order valence-corrected chi connectivity index (χ4v) is 3.21. The van der Waals surface area contributed by atoms with Crippen LogP contribution in [0.15, 0.2) is 60.0 Å². The highest BCUT2D eigenvalue weighted by molar-refractivity contribution is 5.79. The molecule has 6 heteroatoms. The molecule has 1 aromatic carbocycles. The number of nitrogens with zero attached hydrogens (tertiary/aromatic N) is 5. The van der Waals surface area contributed by atoms with Crippen molar-refractivity contribution in [1.82, 2.24) is 24.3 Å². The van der Waals surface area contributed by atoms with Gasteiger partial charge in [-0.05, 0) is 37.1 Å².